The molecule has 0 spiro atoms. The van der Waals surface area contributed by atoms with Crippen LogP contribution in [0.5, 0.6) is 51.7 Å². The van der Waals surface area contributed by atoms with Crippen LogP contribution in [0.25, 0.3) is 0 Å². The summed E-state index contributed by atoms with van der Waals surface area (Å²) < 4.78 is 0. The lowest BCUT2D eigenvalue weighted by atomic mass is 9.77. The first kappa shape index (κ1) is 23.4. The number of phenols is 9. The number of hydrogen-bond acceptors (Lipinski definition) is 12. The lowest BCUT2D eigenvalue weighted by Gasteiger charge is -2.38. The fourth-order valence-electron chi connectivity index (χ4n) is 3.38. The Hall–Kier alpha value is -4.26. The van der Waals surface area contributed by atoms with Crippen molar-refractivity contribution in [1.82, 2.24) is 0 Å². The molecule has 0 fully saturated rings. The molecule has 0 bridgehead atoms. The summed E-state index contributed by atoms with van der Waals surface area (Å²) >= 11 is 0. The molecule has 33 heavy (non-hydrogen) atoms. The maximum atomic E-state index is 11.5. The van der Waals surface area contributed by atoms with Gasteiger partial charge in [0.1, 0.15) is 17.8 Å². The van der Waals surface area contributed by atoms with E-state index in [1.165, 1.54) is 0 Å². The summed E-state index contributed by atoms with van der Waals surface area (Å²) in [5, 5.41) is 121. The second-order valence-corrected chi connectivity index (χ2v) is 7.31. The van der Waals surface area contributed by atoms with Crippen LogP contribution in [0.2, 0.25) is 0 Å². The molecule has 0 aliphatic carbocycles. The summed E-state index contributed by atoms with van der Waals surface area (Å²) in [6.45, 7) is 0. The van der Waals surface area contributed by atoms with Crippen molar-refractivity contribution in [2.45, 2.75) is 17.8 Å². The summed E-state index contributed by atoms with van der Waals surface area (Å²) in [7, 11) is 0. The molecule has 0 radical (unpaired) electrons. The van der Waals surface area contributed by atoms with Gasteiger partial charge in [0.2, 0.25) is 0 Å². The van der Waals surface area contributed by atoms with Crippen LogP contribution in [-0.2, 0) is 5.60 Å². The first-order chi connectivity index (χ1) is 15.3. The number of aliphatic hydroxyl groups is 3. The summed E-state index contributed by atoms with van der Waals surface area (Å²) in [4.78, 5) is 0. The number of hydrogen-bond donors (Lipinski definition) is 12. The van der Waals surface area contributed by atoms with E-state index in [2.05, 4.69) is 0 Å². The van der Waals surface area contributed by atoms with E-state index in [4.69, 9.17) is 0 Å². The molecule has 12 N–H and O–H groups in total. The van der Waals surface area contributed by atoms with Crippen LogP contribution in [0.15, 0.2) is 36.4 Å². The molecule has 0 amide bonds. The van der Waals surface area contributed by atoms with Gasteiger partial charge in [0.05, 0.1) is 0 Å². The highest BCUT2D eigenvalue weighted by Gasteiger charge is 2.47. The zero-order valence-corrected chi connectivity index (χ0v) is 16.5. The van der Waals surface area contributed by atoms with Gasteiger partial charge in [0, 0.05) is 0 Å². The normalized spacial score (nSPS) is 15.0. The molecule has 2 atom stereocenters. The van der Waals surface area contributed by atoms with Gasteiger partial charge >= 0.3 is 0 Å². The van der Waals surface area contributed by atoms with E-state index in [0.717, 1.165) is 24.3 Å². The van der Waals surface area contributed by atoms with E-state index in [0.29, 0.717) is 12.1 Å². The highest BCUT2D eigenvalue weighted by Crippen LogP contribution is 2.51. The maximum Gasteiger partial charge on any atom is 0.200 e. The monoisotopic (exact) mass is 464 g/mol. The van der Waals surface area contributed by atoms with Crippen molar-refractivity contribution in [2.24, 2.45) is 0 Å². The van der Waals surface area contributed by atoms with E-state index in [1.807, 2.05) is 0 Å². The molecule has 2 unspecified atom stereocenters. The molecule has 3 aromatic rings. The Kier molecular flexibility index (Phi) is 5.69. The number of aliphatic hydroxyl groups excluding tert-OH is 2. The Morgan fingerprint density at radius 2 is 0.697 bits per heavy atom. The molecule has 0 saturated heterocycles. The molecule has 0 aliphatic heterocycles. The van der Waals surface area contributed by atoms with Gasteiger partial charge in [-0.3, -0.25) is 0 Å². The van der Waals surface area contributed by atoms with Gasteiger partial charge < -0.3 is 61.3 Å². The third kappa shape index (κ3) is 3.78. The first-order valence-electron chi connectivity index (χ1n) is 9.12. The molecular formula is C21H20O12. The zero-order valence-electron chi connectivity index (χ0n) is 16.5. The predicted molar refractivity (Wildman–Crippen MR) is 108 cm³/mol. The van der Waals surface area contributed by atoms with Crippen molar-refractivity contribution in [3.8, 4) is 51.7 Å². The molecule has 12 heteroatoms. The summed E-state index contributed by atoms with van der Waals surface area (Å²) in [6, 6.07) is 4.32. The van der Waals surface area contributed by atoms with Gasteiger partial charge in [-0.25, -0.2) is 0 Å². The van der Waals surface area contributed by atoms with Crippen molar-refractivity contribution in [3.05, 3.63) is 53.1 Å². The molecule has 176 valence electrons. The van der Waals surface area contributed by atoms with Gasteiger partial charge in [-0.05, 0) is 53.1 Å². The Labute approximate surface area is 184 Å². The fraction of sp³-hybridized carbons (Fsp3) is 0.143. The van der Waals surface area contributed by atoms with Crippen LogP contribution < -0.4 is 0 Å². The summed E-state index contributed by atoms with van der Waals surface area (Å²) in [5.74, 6) is -8.41. The van der Waals surface area contributed by atoms with Gasteiger partial charge in [-0.15, -0.1) is 0 Å². The molecular weight excluding hydrogens is 444 g/mol. The van der Waals surface area contributed by atoms with Crippen LogP contribution in [-0.4, -0.2) is 61.3 Å². The fourth-order valence-corrected chi connectivity index (χ4v) is 3.38. The Morgan fingerprint density at radius 3 is 0.970 bits per heavy atom. The first-order valence-corrected chi connectivity index (χ1v) is 9.12. The Balaban J connectivity index is 2.29. The molecule has 0 heterocycles. The standard InChI is InChI=1S/C21H20O12/c22-10-1-7(2-11(23)16(10)28)19(31)21(33,9-5-14(26)18(30)15(27)6-9)20(32)8-3-12(24)17(29)13(25)4-8/h1-6,19-20,22-33H. The second kappa shape index (κ2) is 8.02. The van der Waals surface area contributed by atoms with Gasteiger partial charge in [-0.2, -0.15) is 0 Å². The van der Waals surface area contributed by atoms with Crippen molar-refractivity contribution < 1.29 is 61.3 Å². The SMILES string of the molecule is Oc1cc(C(O)C(O)(c2cc(O)c(O)c(O)c2)C(O)c2cc(O)c(O)c(O)c2)cc(O)c1O. The molecule has 0 aliphatic rings. The average Bonchev–Trinajstić information content (AvgIpc) is 2.76. The molecule has 0 saturated carbocycles. The van der Waals surface area contributed by atoms with E-state index < -0.39 is 86.2 Å². The van der Waals surface area contributed by atoms with Crippen LogP contribution in [0, 0.1) is 0 Å². The molecule has 0 aromatic heterocycles. The topological polar surface area (TPSA) is 243 Å². The molecule has 12 nitrogen and oxygen atoms in total. The highest BCUT2D eigenvalue weighted by atomic mass is 16.4. The zero-order chi connectivity index (χ0) is 24.8. The van der Waals surface area contributed by atoms with Crippen molar-refractivity contribution in [2.75, 3.05) is 0 Å². The van der Waals surface area contributed by atoms with Crippen molar-refractivity contribution in [1.29, 1.82) is 0 Å². The van der Waals surface area contributed by atoms with E-state index in [1.54, 1.807) is 0 Å². The third-order valence-electron chi connectivity index (χ3n) is 5.18. The minimum atomic E-state index is -2.98. The van der Waals surface area contributed by atoms with Gasteiger partial charge in [0.25, 0.3) is 0 Å². The van der Waals surface area contributed by atoms with Crippen LogP contribution in [0.1, 0.15) is 28.9 Å². The summed E-state index contributed by atoms with van der Waals surface area (Å²) in [6.07, 6.45) is -4.57. The van der Waals surface area contributed by atoms with Crippen molar-refractivity contribution >= 4 is 0 Å². The van der Waals surface area contributed by atoms with Gasteiger partial charge in [0.15, 0.2) is 51.7 Å². The Morgan fingerprint density at radius 1 is 0.455 bits per heavy atom. The lowest BCUT2D eigenvalue weighted by Crippen LogP contribution is -2.40. The third-order valence-corrected chi connectivity index (χ3v) is 5.18. The second-order valence-electron chi connectivity index (χ2n) is 7.31. The highest BCUT2D eigenvalue weighted by molar-refractivity contribution is 5.56. The Bertz CT molecular complexity index is 1090. The molecule has 3 rings (SSSR count). The predicted octanol–water partition coefficient (Wildman–Crippen LogP) is 0.692. The number of phenolic OH excluding ortho intramolecular Hbond substituents is 9. The summed E-state index contributed by atoms with van der Waals surface area (Å²) in [5.41, 5.74) is -4.52. The van der Waals surface area contributed by atoms with Crippen LogP contribution >= 0.6 is 0 Å². The minimum Gasteiger partial charge on any atom is -0.504 e. The lowest BCUT2D eigenvalue weighted by molar-refractivity contribution is -0.158. The smallest absolute Gasteiger partial charge is 0.200 e. The quantitative estimate of drug-likeness (QED) is 0.233. The van der Waals surface area contributed by atoms with Crippen molar-refractivity contribution in [3.63, 3.8) is 0 Å². The molecule has 3 aromatic carbocycles. The number of aromatic hydroxyl groups is 9. The maximum absolute atomic E-state index is 11.5. The largest absolute Gasteiger partial charge is 0.504 e. The minimum absolute atomic E-state index is 0.469. The van der Waals surface area contributed by atoms with E-state index in [-0.39, 0.29) is 0 Å². The van der Waals surface area contributed by atoms with E-state index >= 15 is 0 Å². The van der Waals surface area contributed by atoms with Crippen LogP contribution in [0.4, 0.5) is 0 Å². The number of rotatable bonds is 5. The average molecular weight is 464 g/mol. The number of benzene rings is 3. The van der Waals surface area contributed by atoms with Crippen LogP contribution in [0.3, 0.4) is 0 Å². The van der Waals surface area contributed by atoms with Gasteiger partial charge in [-0.1, -0.05) is 0 Å². The van der Waals surface area contributed by atoms with E-state index in [9.17, 15) is 61.3 Å².